The van der Waals surface area contributed by atoms with Crippen LogP contribution in [0.5, 0.6) is 0 Å². The molecule has 2 atom stereocenters. The number of aromatic nitrogens is 1. The molecule has 1 heterocycles. The molecule has 0 saturated carbocycles. The van der Waals surface area contributed by atoms with Gasteiger partial charge in [-0.3, -0.25) is 14.6 Å². The van der Waals surface area contributed by atoms with Gasteiger partial charge in [0.05, 0.1) is 5.92 Å². The summed E-state index contributed by atoms with van der Waals surface area (Å²) >= 11 is 5.36. The summed E-state index contributed by atoms with van der Waals surface area (Å²) in [6.07, 6.45) is 3.91. The van der Waals surface area contributed by atoms with Gasteiger partial charge in [0.15, 0.2) is 0 Å². The number of hydrogen-bond donors (Lipinski definition) is 0. The highest BCUT2D eigenvalue weighted by Crippen LogP contribution is 2.16. The molecule has 1 aromatic heterocycles. The lowest BCUT2D eigenvalue weighted by Crippen LogP contribution is -2.19. The van der Waals surface area contributed by atoms with E-state index in [1.165, 1.54) is 0 Å². The van der Waals surface area contributed by atoms with Crippen molar-refractivity contribution in [2.75, 3.05) is 0 Å². The summed E-state index contributed by atoms with van der Waals surface area (Å²) < 4.78 is 5.18. The van der Waals surface area contributed by atoms with E-state index in [0.717, 1.165) is 5.56 Å². The highest BCUT2D eigenvalue weighted by atomic mass is 35.5. The minimum atomic E-state index is -0.419. The molecule has 0 N–H and O–H groups in total. The number of carbonyl (C=O) groups excluding carboxylic acids is 2. The van der Waals surface area contributed by atoms with Crippen molar-refractivity contribution in [3.05, 3.63) is 66.5 Å². The van der Waals surface area contributed by atoms with Gasteiger partial charge in [-0.05, 0) is 35.7 Å². The molecule has 1 aromatic carbocycles. The van der Waals surface area contributed by atoms with E-state index in [0.29, 0.717) is 6.42 Å². The number of esters is 1. The Labute approximate surface area is 147 Å². The lowest BCUT2D eigenvalue weighted by atomic mass is 9.98. The van der Waals surface area contributed by atoms with Gasteiger partial charge in [-0.1, -0.05) is 50.2 Å². The predicted octanol–water partition coefficient (Wildman–Crippen LogP) is 4.24. The van der Waals surface area contributed by atoms with Crippen LogP contribution in [0.3, 0.4) is 0 Å². The van der Waals surface area contributed by atoms with Crippen molar-refractivity contribution in [2.45, 2.75) is 26.9 Å². The number of benzene rings is 1. The fourth-order valence-corrected chi connectivity index (χ4v) is 1.99. The van der Waals surface area contributed by atoms with Crippen molar-refractivity contribution < 1.29 is 14.3 Å². The van der Waals surface area contributed by atoms with Crippen molar-refractivity contribution in [1.29, 1.82) is 0 Å². The fourth-order valence-electron chi connectivity index (χ4n) is 1.90. The van der Waals surface area contributed by atoms with E-state index in [4.69, 9.17) is 16.3 Å². The van der Waals surface area contributed by atoms with Gasteiger partial charge in [-0.15, -0.1) is 0 Å². The molecule has 0 spiro atoms. The second-order valence-corrected chi connectivity index (χ2v) is 5.83. The fraction of sp³-hybridized carbons (Fsp3) is 0.316. The Hall–Kier alpha value is -2.20. The zero-order valence-electron chi connectivity index (χ0n) is 13.9. The Morgan fingerprint density at radius 2 is 1.58 bits per heavy atom. The van der Waals surface area contributed by atoms with E-state index in [9.17, 15) is 9.59 Å². The number of nitrogens with zero attached hydrogens (tertiary/aromatic N) is 1. The number of halogens is 1. The summed E-state index contributed by atoms with van der Waals surface area (Å²) in [5.74, 6) is -0.957. The third-order valence-corrected chi connectivity index (χ3v) is 3.66. The van der Waals surface area contributed by atoms with Crippen molar-refractivity contribution in [1.82, 2.24) is 4.98 Å². The molecule has 0 bridgehead atoms. The van der Waals surface area contributed by atoms with Crippen molar-refractivity contribution >= 4 is 22.8 Å². The van der Waals surface area contributed by atoms with Crippen molar-refractivity contribution in [3.63, 3.8) is 0 Å². The molecule has 24 heavy (non-hydrogen) atoms. The summed E-state index contributed by atoms with van der Waals surface area (Å²) in [6, 6.07) is 15.2. The van der Waals surface area contributed by atoms with Crippen LogP contribution in [0.15, 0.2) is 60.9 Å². The molecule has 0 saturated heterocycles. The maximum atomic E-state index is 11.7. The third kappa shape index (κ3) is 8.44. The number of rotatable bonds is 6. The van der Waals surface area contributed by atoms with Crippen LogP contribution in [0, 0.1) is 11.8 Å². The topological polar surface area (TPSA) is 56.3 Å². The summed E-state index contributed by atoms with van der Waals surface area (Å²) in [5.41, 5.74) is 0.944. The summed E-state index contributed by atoms with van der Waals surface area (Å²) in [6.45, 7) is 3.70. The first-order chi connectivity index (χ1) is 11.5. The quantitative estimate of drug-likeness (QED) is 0.579. The van der Waals surface area contributed by atoms with E-state index in [1.807, 2.05) is 48.5 Å². The SMILES string of the molecule is C[C@H](C[C@@H](C)C(=O)OCc1ccccc1)C(=O)Cl.c1ccncc1. The Bertz CT molecular complexity index is 578. The molecule has 4 nitrogen and oxygen atoms in total. The molecule has 2 aromatic rings. The first-order valence-electron chi connectivity index (χ1n) is 7.75. The van der Waals surface area contributed by atoms with Crippen LogP contribution in [-0.2, 0) is 20.9 Å². The Balaban J connectivity index is 0.000000400. The van der Waals surface area contributed by atoms with Crippen LogP contribution < -0.4 is 0 Å². The van der Waals surface area contributed by atoms with E-state index in [2.05, 4.69) is 4.98 Å². The lowest BCUT2D eigenvalue weighted by Gasteiger charge is -2.13. The largest absolute Gasteiger partial charge is 0.461 e. The summed E-state index contributed by atoms with van der Waals surface area (Å²) in [5, 5.41) is -0.419. The van der Waals surface area contributed by atoms with Crippen LogP contribution >= 0.6 is 11.6 Å². The molecule has 0 fully saturated rings. The molecule has 0 aliphatic rings. The van der Waals surface area contributed by atoms with Crippen molar-refractivity contribution in [2.24, 2.45) is 11.8 Å². The highest BCUT2D eigenvalue weighted by molar-refractivity contribution is 6.63. The molecule has 0 unspecified atom stereocenters. The van der Waals surface area contributed by atoms with E-state index in [1.54, 1.807) is 26.2 Å². The second kappa shape index (κ2) is 11.4. The molecule has 0 amide bonds. The second-order valence-electron chi connectivity index (χ2n) is 5.46. The normalized spacial score (nSPS) is 12.3. The van der Waals surface area contributed by atoms with Gasteiger partial charge in [0.25, 0.3) is 0 Å². The zero-order chi connectivity index (χ0) is 17.8. The summed E-state index contributed by atoms with van der Waals surface area (Å²) in [7, 11) is 0. The third-order valence-electron chi connectivity index (χ3n) is 3.29. The molecule has 0 aliphatic carbocycles. The van der Waals surface area contributed by atoms with Gasteiger partial charge in [-0.25, -0.2) is 0 Å². The minimum absolute atomic E-state index is 0.257. The van der Waals surface area contributed by atoms with E-state index >= 15 is 0 Å². The van der Waals surface area contributed by atoms with Crippen molar-refractivity contribution in [3.8, 4) is 0 Å². The Morgan fingerprint density at radius 3 is 2.04 bits per heavy atom. The van der Waals surface area contributed by atoms with E-state index < -0.39 is 5.24 Å². The first-order valence-corrected chi connectivity index (χ1v) is 8.13. The summed E-state index contributed by atoms with van der Waals surface area (Å²) in [4.78, 5) is 26.4. The number of carbonyl (C=O) groups is 2. The maximum absolute atomic E-state index is 11.7. The molecule has 5 heteroatoms. The molecular formula is C19H22ClNO3. The number of hydrogen-bond acceptors (Lipinski definition) is 4. The predicted molar refractivity (Wildman–Crippen MR) is 94.3 cm³/mol. The van der Waals surface area contributed by atoms with Gasteiger partial charge in [0.1, 0.15) is 6.61 Å². The zero-order valence-corrected chi connectivity index (χ0v) is 14.6. The van der Waals surface area contributed by atoms with Crippen LogP contribution in [0.1, 0.15) is 25.8 Å². The van der Waals surface area contributed by atoms with Gasteiger partial charge in [0, 0.05) is 18.3 Å². The van der Waals surface area contributed by atoms with Crippen LogP contribution in [0.25, 0.3) is 0 Å². The standard InChI is InChI=1S/C14H17ClO3.C5H5N/c1-10(13(15)16)8-11(2)14(17)18-9-12-6-4-3-5-7-12;1-2-4-6-5-3-1/h3-7,10-11H,8-9H2,1-2H3;1-5H/t10-,11-;/m1./s1. The van der Waals surface area contributed by atoms with Gasteiger partial charge in [-0.2, -0.15) is 0 Å². The molecule has 0 aliphatic heterocycles. The molecule has 0 radical (unpaired) electrons. The monoisotopic (exact) mass is 347 g/mol. The first kappa shape index (κ1) is 19.8. The average molecular weight is 348 g/mol. The van der Waals surface area contributed by atoms with Crippen LogP contribution in [-0.4, -0.2) is 16.2 Å². The molecule has 128 valence electrons. The Morgan fingerprint density at radius 1 is 1.00 bits per heavy atom. The van der Waals surface area contributed by atoms with Gasteiger partial charge in [0.2, 0.25) is 5.24 Å². The number of ether oxygens (including phenoxy) is 1. The highest BCUT2D eigenvalue weighted by Gasteiger charge is 2.20. The Kier molecular flexibility index (Phi) is 9.39. The minimum Gasteiger partial charge on any atom is -0.461 e. The van der Waals surface area contributed by atoms with Crippen LogP contribution in [0.2, 0.25) is 0 Å². The van der Waals surface area contributed by atoms with Crippen LogP contribution in [0.4, 0.5) is 0 Å². The lowest BCUT2D eigenvalue weighted by molar-refractivity contribution is -0.149. The van der Waals surface area contributed by atoms with Gasteiger partial charge < -0.3 is 4.74 Å². The van der Waals surface area contributed by atoms with E-state index in [-0.39, 0.29) is 24.4 Å². The number of pyridine rings is 1. The molecular weight excluding hydrogens is 326 g/mol. The smallest absolute Gasteiger partial charge is 0.309 e. The average Bonchev–Trinajstić information content (AvgIpc) is 2.62. The maximum Gasteiger partial charge on any atom is 0.309 e. The molecule has 2 rings (SSSR count). The van der Waals surface area contributed by atoms with Gasteiger partial charge >= 0.3 is 5.97 Å².